The molecule has 2 nitrogen and oxygen atoms in total. The minimum atomic E-state index is 0.583. The molecule has 0 fully saturated rings. The zero-order valence-electron chi connectivity index (χ0n) is 12.1. The van der Waals surface area contributed by atoms with Crippen LogP contribution in [0.5, 0.6) is 0 Å². The molecule has 19 heavy (non-hydrogen) atoms. The van der Waals surface area contributed by atoms with Crippen molar-refractivity contribution in [3.8, 4) is 0 Å². The van der Waals surface area contributed by atoms with Gasteiger partial charge in [0.05, 0.1) is 0 Å². The molecule has 2 heterocycles. The van der Waals surface area contributed by atoms with E-state index in [1.807, 2.05) is 12.4 Å². The van der Waals surface area contributed by atoms with Crippen molar-refractivity contribution < 1.29 is 4.57 Å². The van der Waals surface area contributed by atoms with E-state index >= 15 is 0 Å². The molecule has 2 atom stereocenters. The van der Waals surface area contributed by atoms with Crippen LogP contribution in [0.1, 0.15) is 49.7 Å². The van der Waals surface area contributed by atoms with Crippen LogP contribution in [-0.2, 0) is 7.05 Å². The fourth-order valence-electron chi connectivity index (χ4n) is 2.58. The van der Waals surface area contributed by atoms with Crippen LogP contribution in [0.15, 0.2) is 49.1 Å². The normalized spacial score (nSPS) is 14.1. The van der Waals surface area contributed by atoms with E-state index in [4.69, 9.17) is 0 Å². The minimum Gasteiger partial charge on any atom is -0.265 e. The van der Waals surface area contributed by atoms with Crippen molar-refractivity contribution in [2.75, 3.05) is 0 Å². The van der Waals surface area contributed by atoms with Gasteiger partial charge >= 0.3 is 0 Å². The second kappa shape index (κ2) is 6.46. The summed E-state index contributed by atoms with van der Waals surface area (Å²) >= 11 is 0. The Balaban J connectivity index is 2.08. The van der Waals surface area contributed by atoms with Crippen LogP contribution in [0, 0.1) is 0 Å². The molecule has 0 spiro atoms. The van der Waals surface area contributed by atoms with Gasteiger partial charge in [0.1, 0.15) is 7.05 Å². The molecule has 0 saturated heterocycles. The molecule has 0 radical (unpaired) electrons. The lowest BCUT2D eigenvalue weighted by molar-refractivity contribution is -0.671. The molecule has 2 rings (SSSR count). The second-order valence-electron chi connectivity index (χ2n) is 5.32. The maximum Gasteiger partial charge on any atom is 0.168 e. The number of aromatic nitrogens is 2. The van der Waals surface area contributed by atoms with Crippen LogP contribution < -0.4 is 4.57 Å². The van der Waals surface area contributed by atoms with Gasteiger partial charge in [-0.15, -0.1) is 0 Å². The van der Waals surface area contributed by atoms with Crippen LogP contribution >= 0.6 is 0 Å². The van der Waals surface area contributed by atoms with Crippen molar-refractivity contribution in [2.24, 2.45) is 7.05 Å². The summed E-state index contributed by atoms with van der Waals surface area (Å²) in [6, 6.07) is 8.74. The van der Waals surface area contributed by atoms with E-state index in [0.717, 1.165) is 0 Å². The summed E-state index contributed by atoms with van der Waals surface area (Å²) in [6.07, 6.45) is 10.4. The topological polar surface area (TPSA) is 16.8 Å². The second-order valence-corrected chi connectivity index (χ2v) is 5.32. The fraction of sp³-hybridized carbons (Fsp3) is 0.412. The standard InChI is InChI=1S/C17H23N2/c1-4-15(17-5-9-18-10-6-17)13-14(2)16-7-11-19(3)12-8-16/h5-12,14-15H,4,13H2,1-3H3/q+1. The first kappa shape index (κ1) is 13.7. The molecule has 0 saturated carbocycles. The lowest BCUT2D eigenvalue weighted by Crippen LogP contribution is -2.26. The third kappa shape index (κ3) is 3.63. The first-order chi connectivity index (χ1) is 9.20. The van der Waals surface area contributed by atoms with Crippen molar-refractivity contribution in [3.63, 3.8) is 0 Å². The van der Waals surface area contributed by atoms with E-state index in [-0.39, 0.29) is 0 Å². The van der Waals surface area contributed by atoms with E-state index in [9.17, 15) is 0 Å². The van der Waals surface area contributed by atoms with Gasteiger partial charge in [0.2, 0.25) is 0 Å². The maximum absolute atomic E-state index is 4.11. The molecule has 0 N–H and O–H groups in total. The Kier molecular flexibility index (Phi) is 4.67. The molecule has 2 aromatic rings. The lowest BCUT2D eigenvalue weighted by atomic mass is 9.85. The van der Waals surface area contributed by atoms with Crippen LogP contribution in [0.25, 0.3) is 0 Å². The number of rotatable bonds is 5. The molecular weight excluding hydrogens is 232 g/mol. The molecule has 2 unspecified atom stereocenters. The molecule has 0 amide bonds. The van der Waals surface area contributed by atoms with Gasteiger partial charge in [-0.2, -0.15) is 0 Å². The Bertz CT molecular complexity index is 490. The van der Waals surface area contributed by atoms with E-state index in [1.54, 1.807) is 0 Å². The predicted octanol–water partition coefficient (Wildman–Crippen LogP) is 3.59. The molecule has 100 valence electrons. The van der Waals surface area contributed by atoms with Gasteiger partial charge in [0.25, 0.3) is 0 Å². The average Bonchev–Trinajstić information content (AvgIpc) is 2.46. The maximum atomic E-state index is 4.11. The Morgan fingerprint density at radius 2 is 1.68 bits per heavy atom. The molecule has 0 bridgehead atoms. The van der Waals surface area contributed by atoms with Crippen molar-refractivity contribution in [2.45, 2.75) is 38.5 Å². The molecular formula is C17H23N2+. The molecule has 0 aliphatic carbocycles. The highest BCUT2D eigenvalue weighted by molar-refractivity contribution is 5.19. The summed E-state index contributed by atoms with van der Waals surface area (Å²) in [6.45, 7) is 4.59. The monoisotopic (exact) mass is 255 g/mol. The summed E-state index contributed by atoms with van der Waals surface area (Å²) in [4.78, 5) is 4.11. The summed E-state index contributed by atoms with van der Waals surface area (Å²) in [5.74, 6) is 1.20. The number of hydrogen-bond donors (Lipinski definition) is 0. The summed E-state index contributed by atoms with van der Waals surface area (Å²) in [5.41, 5.74) is 2.83. The number of aryl methyl sites for hydroxylation is 1. The molecule has 2 aromatic heterocycles. The Labute approximate surface area is 116 Å². The zero-order chi connectivity index (χ0) is 13.7. The highest BCUT2D eigenvalue weighted by Gasteiger charge is 2.15. The Hall–Kier alpha value is -1.70. The molecule has 2 heteroatoms. The van der Waals surface area contributed by atoms with Gasteiger partial charge < -0.3 is 0 Å². The van der Waals surface area contributed by atoms with Crippen LogP contribution in [-0.4, -0.2) is 4.98 Å². The van der Waals surface area contributed by atoms with Gasteiger partial charge in [0.15, 0.2) is 12.4 Å². The first-order valence-corrected chi connectivity index (χ1v) is 7.05. The first-order valence-electron chi connectivity index (χ1n) is 7.05. The van der Waals surface area contributed by atoms with Crippen LogP contribution in [0.2, 0.25) is 0 Å². The predicted molar refractivity (Wildman–Crippen MR) is 77.9 cm³/mol. The van der Waals surface area contributed by atoms with Crippen molar-refractivity contribution in [1.29, 1.82) is 0 Å². The van der Waals surface area contributed by atoms with Crippen LogP contribution in [0.3, 0.4) is 0 Å². The van der Waals surface area contributed by atoms with E-state index in [2.05, 4.69) is 67.1 Å². The smallest absolute Gasteiger partial charge is 0.168 e. The minimum absolute atomic E-state index is 0.583. The van der Waals surface area contributed by atoms with Gasteiger partial charge in [-0.1, -0.05) is 13.8 Å². The third-order valence-electron chi connectivity index (χ3n) is 3.88. The number of hydrogen-bond acceptors (Lipinski definition) is 1. The lowest BCUT2D eigenvalue weighted by Gasteiger charge is -2.20. The van der Waals surface area contributed by atoms with Gasteiger partial charge in [-0.25, -0.2) is 4.57 Å². The molecule has 0 aromatic carbocycles. The number of nitrogens with zero attached hydrogens (tertiary/aromatic N) is 2. The highest BCUT2D eigenvalue weighted by atomic mass is 14.9. The quantitative estimate of drug-likeness (QED) is 0.746. The van der Waals surface area contributed by atoms with Crippen LogP contribution in [0.4, 0.5) is 0 Å². The SMILES string of the molecule is CCC(CC(C)c1cc[n+](C)cc1)c1ccncc1. The highest BCUT2D eigenvalue weighted by Crippen LogP contribution is 2.31. The summed E-state index contributed by atoms with van der Waals surface area (Å²) < 4.78 is 2.08. The summed E-state index contributed by atoms with van der Waals surface area (Å²) in [7, 11) is 2.06. The fourth-order valence-corrected chi connectivity index (χ4v) is 2.58. The Morgan fingerprint density at radius 3 is 2.26 bits per heavy atom. The van der Waals surface area contributed by atoms with Crippen molar-refractivity contribution in [3.05, 3.63) is 60.2 Å². The average molecular weight is 255 g/mol. The van der Waals surface area contributed by atoms with Crippen molar-refractivity contribution >= 4 is 0 Å². The Morgan fingerprint density at radius 1 is 1.05 bits per heavy atom. The van der Waals surface area contributed by atoms with E-state index in [1.165, 1.54) is 24.0 Å². The van der Waals surface area contributed by atoms with E-state index < -0.39 is 0 Å². The number of pyridine rings is 2. The molecule has 0 aliphatic heterocycles. The van der Waals surface area contributed by atoms with Gasteiger partial charge in [-0.05, 0) is 47.9 Å². The van der Waals surface area contributed by atoms with Crippen molar-refractivity contribution in [1.82, 2.24) is 4.98 Å². The summed E-state index contributed by atoms with van der Waals surface area (Å²) in [5, 5.41) is 0. The molecule has 0 aliphatic rings. The zero-order valence-corrected chi connectivity index (χ0v) is 12.1. The third-order valence-corrected chi connectivity index (χ3v) is 3.88. The van der Waals surface area contributed by atoms with Gasteiger partial charge in [-0.3, -0.25) is 4.98 Å². The van der Waals surface area contributed by atoms with Gasteiger partial charge in [0, 0.05) is 24.5 Å². The van der Waals surface area contributed by atoms with E-state index in [0.29, 0.717) is 11.8 Å². The largest absolute Gasteiger partial charge is 0.265 e.